The van der Waals surface area contributed by atoms with Crippen LogP contribution in [0.2, 0.25) is 0 Å². The van der Waals surface area contributed by atoms with E-state index in [2.05, 4.69) is 5.32 Å². The number of fused-ring (bicyclic) bond motifs is 1. The summed E-state index contributed by atoms with van der Waals surface area (Å²) in [5, 5.41) is 2.72. The van der Waals surface area contributed by atoms with E-state index in [0.29, 0.717) is 16.8 Å². The van der Waals surface area contributed by atoms with Gasteiger partial charge >= 0.3 is 0 Å². The Hall–Kier alpha value is -1.90. The molecule has 0 saturated heterocycles. The summed E-state index contributed by atoms with van der Waals surface area (Å²) in [6.07, 6.45) is 1.34. The van der Waals surface area contributed by atoms with Crippen LogP contribution >= 0.6 is 0 Å². The Morgan fingerprint density at radius 1 is 1.07 bits per heavy atom. The molecular weight excluding hydrogens is 178 g/mol. The maximum atomic E-state index is 11.7. The smallest absolute Gasteiger partial charge is 0.209 e. The lowest BCUT2D eigenvalue weighted by Gasteiger charge is -2.13. The quantitative estimate of drug-likeness (QED) is 0.717. The third-order valence-corrected chi connectivity index (χ3v) is 2.23. The minimum absolute atomic E-state index is 0.121. The third-order valence-electron chi connectivity index (χ3n) is 2.23. The van der Waals surface area contributed by atoms with Crippen molar-refractivity contribution in [2.75, 3.05) is 7.05 Å². The van der Waals surface area contributed by atoms with Crippen molar-refractivity contribution in [3.63, 3.8) is 0 Å². The minimum atomic E-state index is -0.122. The van der Waals surface area contributed by atoms with Crippen LogP contribution in [-0.2, 0) is 0 Å². The number of carbonyl (C=O) groups is 2. The third kappa shape index (κ3) is 1.14. The van der Waals surface area contributed by atoms with Gasteiger partial charge in [-0.05, 0) is 0 Å². The van der Waals surface area contributed by atoms with Gasteiger partial charge in [0.15, 0.2) is 5.78 Å². The summed E-state index contributed by atoms with van der Waals surface area (Å²) in [6, 6.07) is 6.84. The number of hydrogen-bond donors (Lipinski definition) is 1. The zero-order valence-electron chi connectivity index (χ0n) is 7.70. The second-order valence-corrected chi connectivity index (χ2v) is 3.05. The average Bonchev–Trinajstić information content (AvgIpc) is 2.23. The second-order valence-electron chi connectivity index (χ2n) is 3.05. The number of benzene rings is 1. The number of hydrogen-bond acceptors (Lipinski definition) is 3. The number of ketones is 2. The number of nitrogens with one attached hydrogen (secondary N) is 1. The first-order valence-electron chi connectivity index (χ1n) is 4.31. The van der Waals surface area contributed by atoms with Crippen molar-refractivity contribution in [2.24, 2.45) is 0 Å². The molecule has 70 valence electrons. The number of allylic oxidation sites excluding steroid dienone is 2. The second kappa shape index (κ2) is 3.10. The van der Waals surface area contributed by atoms with Gasteiger partial charge in [-0.1, -0.05) is 24.3 Å². The fraction of sp³-hybridized carbons (Fsp3) is 0.0909. The van der Waals surface area contributed by atoms with Crippen molar-refractivity contribution in [1.29, 1.82) is 0 Å². The van der Waals surface area contributed by atoms with Gasteiger partial charge in [0, 0.05) is 24.3 Å². The molecule has 0 fully saturated rings. The lowest BCUT2D eigenvalue weighted by atomic mass is 9.93. The minimum Gasteiger partial charge on any atom is -0.385 e. The molecule has 1 aliphatic carbocycles. The van der Waals surface area contributed by atoms with E-state index in [1.54, 1.807) is 31.3 Å². The van der Waals surface area contributed by atoms with Crippen LogP contribution < -0.4 is 5.32 Å². The molecule has 1 aliphatic rings. The number of likely N-dealkylation sites (N-methyl/N-ethyl adjacent to an activating group) is 1. The summed E-state index contributed by atoms with van der Waals surface area (Å²) in [7, 11) is 1.63. The maximum absolute atomic E-state index is 11.7. The Morgan fingerprint density at radius 2 is 1.71 bits per heavy atom. The highest BCUT2D eigenvalue weighted by atomic mass is 16.1. The molecule has 0 aliphatic heterocycles. The SMILES string of the molecule is CNC1=CC(=O)c2ccccc2C1=O. The molecule has 14 heavy (non-hydrogen) atoms. The van der Waals surface area contributed by atoms with Crippen molar-refractivity contribution in [3.05, 3.63) is 47.2 Å². The first-order chi connectivity index (χ1) is 6.74. The van der Waals surface area contributed by atoms with Gasteiger partial charge in [-0.15, -0.1) is 0 Å². The van der Waals surface area contributed by atoms with E-state index in [9.17, 15) is 9.59 Å². The normalized spacial score (nSPS) is 14.8. The Bertz CT molecular complexity index is 446. The van der Waals surface area contributed by atoms with Crippen molar-refractivity contribution >= 4 is 11.6 Å². The molecule has 1 N–H and O–H groups in total. The van der Waals surface area contributed by atoms with E-state index in [4.69, 9.17) is 0 Å². The Morgan fingerprint density at radius 3 is 2.36 bits per heavy atom. The molecule has 0 spiro atoms. The largest absolute Gasteiger partial charge is 0.385 e. The Labute approximate surface area is 81.4 Å². The predicted octanol–water partition coefficient (Wildman–Crippen LogP) is 1.17. The highest BCUT2D eigenvalue weighted by Gasteiger charge is 2.23. The topological polar surface area (TPSA) is 46.2 Å². The molecule has 0 bridgehead atoms. The van der Waals surface area contributed by atoms with Crippen LogP contribution in [0.5, 0.6) is 0 Å². The molecule has 3 heteroatoms. The molecule has 0 atom stereocenters. The molecule has 0 radical (unpaired) electrons. The van der Waals surface area contributed by atoms with Gasteiger partial charge in [0.05, 0.1) is 5.70 Å². The van der Waals surface area contributed by atoms with Crippen molar-refractivity contribution in [3.8, 4) is 0 Å². The molecular formula is C11H9NO2. The summed E-state index contributed by atoms with van der Waals surface area (Å²) >= 11 is 0. The van der Waals surface area contributed by atoms with Crippen LogP contribution in [0.15, 0.2) is 36.0 Å². The van der Waals surface area contributed by atoms with Crippen LogP contribution in [-0.4, -0.2) is 18.6 Å². The first-order valence-corrected chi connectivity index (χ1v) is 4.31. The van der Waals surface area contributed by atoms with E-state index < -0.39 is 0 Å². The number of Topliss-reactive ketones (excluding diaryl/α,β-unsaturated/α-hetero) is 1. The fourth-order valence-electron chi connectivity index (χ4n) is 1.50. The Kier molecular flexibility index (Phi) is 1.93. The van der Waals surface area contributed by atoms with Gasteiger partial charge < -0.3 is 5.32 Å². The molecule has 0 unspecified atom stereocenters. The van der Waals surface area contributed by atoms with Crippen LogP contribution in [0.1, 0.15) is 20.7 Å². The van der Waals surface area contributed by atoms with Crippen LogP contribution in [0.25, 0.3) is 0 Å². The summed E-state index contributed by atoms with van der Waals surface area (Å²) in [5.74, 6) is -0.243. The van der Waals surface area contributed by atoms with Crippen molar-refractivity contribution < 1.29 is 9.59 Å². The highest BCUT2D eigenvalue weighted by Crippen LogP contribution is 2.19. The summed E-state index contributed by atoms with van der Waals surface area (Å²) < 4.78 is 0. The molecule has 0 heterocycles. The lowest BCUT2D eigenvalue weighted by Crippen LogP contribution is -2.24. The van der Waals surface area contributed by atoms with Gasteiger partial charge in [-0.2, -0.15) is 0 Å². The molecule has 1 aromatic carbocycles. The monoisotopic (exact) mass is 187 g/mol. The lowest BCUT2D eigenvalue weighted by molar-refractivity contribution is 0.0979. The molecule has 0 aromatic heterocycles. The van der Waals surface area contributed by atoms with E-state index >= 15 is 0 Å². The number of rotatable bonds is 1. The average molecular weight is 187 g/mol. The summed E-state index contributed by atoms with van der Waals surface area (Å²) in [5.41, 5.74) is 1.31. The van der Waals surface area contributed by atoms with E-state index in [1.165, 1.54) is 6.08 Å². The molecule has 0 amide bonds. The highest BCUT2D eigenvalue weighted by molar-refractivity contribution is 6.24. The van der Waals surface area contributed by atoms with E-state index in [0.717, 1.165) is 0 Å². The standard InChI is InChI=1S/C11H9NO2/c1-12-9-6-10(13)7-4-2-3-5-8(7)11(9)14/h2-6,12H,1H3. The van der Waals surface area contributed by atoms with Crippen LogP contribution in [0.4, 0.5) is 0 Å². The summed E-state index contributed by atoms with van der Waals surface area (Å²) in [4.78, 5) is 23.2. The Balaban J connectivity index is 2.61. The van der Waals surface area contributed by atoms with Gasteiger partial charge in [-0.25, -0.2) is 0 Å². The molecule has 2 rings (SSSR count). The molecule has 1 aromatic rings. The predicted molar refractivity (Wildman–Crippen MR) is 52.2 cm³/mol. The van der Waals surface area contributed by atoms with Gasteiger partial charge in [-0.3, -0.25) is 9.59 Å². The van der Waals surface area contributed by atoms with Gasteiger partial charge in [0.25, 0.3) is 0 Å². The maximum Gasteiger partial charge on any atom is 0.209 e. The van der Waals surface area contributed by atoms with Crippen LogP contribution in [0, 0.1) is 0 Å². The van der Waals surface area contributed by atoms with Crippen molar-refractivity contribution in [1.82, 2.24) is 5.32 Å². The fourth-order valence-corrected chi connectivity index (χ4v) is 1.50. The number of carbonyl (C=O) groups excluding carboxylic acids is 2. The van der Waals surface area contributed by atoms with Gasteiger partial charge in [0.2, 0.25) is 5.78 Å². The molecule has 3 nitrogen and oxygen atoms in total. The van der Waals surface area contributed by atoms with Crippen molar-refractivity contribution in [2.45, 2.75) is 0 Å². The van der Waals surface area contributed by atoms with Crippen LogP contribution in [0.3, 0.4) is 0 Å². The zero-order valence-corrected chi connectivity index (χ0v) is 7.70. The van der Waals surface area contributed by atoms with Gasteiger partial charge in [0.1, 0.15) is 0 Å². The zero-order chi connectivity index (χ0) is 10.1. The molecule has 0 saturated carbocycles. The first kappa shape index (κ1) is 8.69. The van der Waals surface area contributed by atoms with E-state index in [1.807, 2.05) is 0 Å². The van der Waals surface area contributed by atoms with E-state index in [-0.39, 0.29) is 11.6 Å². The summed E-state index contributed by atoms with van der Waals surface area (Å²) in [6.45, 7) is 0.